The number of aromatic nitrogens is 1. The number of pyridine rings is 1. The number of aromatic amines is 1. The summed E-state index contributed by atoms with van der Waals surface area (Å²) in [5, 5.41) is 18.7. The lowest BCUT2D eigenvalue weighted by molar-refractivity contribution is 0.113. The molecule has 0 saturated carbocycles. The SMILES string of the molecule is CCCCC(c1cccc2[nH]c(=O)c(-c3cccc(C(=N)N)c3)cc12)N1CCCC1CO. The molecule has 4 rings (SSSR count). The Bertz CT molecular complexity index is 1170. The Kier molecular flexibility index (Phi) is 6.72. The van der Waals surface area contributed by atoms with Gasteiger partial charge in [0.2, 0.25) is 0 Å². The summed E-state index contributed by atoms with van der Waals surface area (Å²) in [7, 11) is 0. The largest absolute Gasteiger partial charge is 0.395 e. The summed E-state index contributed by atoms with van der Waals surface area (Å²) in [6, 6.07) is 15.7. The molecule has 1 aliphatic heterocycles. The topological polar surface area (TPSA) is 106 Å². The smallest absolute Gasteiger partial charge is 0.256 e. The number of nitrogens with zero attached hydrogens (tertiary/aromatic N) is 1. The number of amidine groups is 1. The highest BCUT2D eigenvalue weighted by Gasteiger charge is 2.31. The third-order valence-corrected chi connectivity index (χ3v) is 6.63. The van der Waals surface area contributed by atoms with Gasteiger partial charge in [0.15, 0.2) is 0 Å². The van der Waals surface area contributed by atoms with Gasteiger partial charge in [0, 0.05) is 34.1 Å². The van der Waals surface area contributed by atoms with Crippen LogP contribution in [-0.2, 0) is 0 Å². The molecule has 32 heavy (non-hydrogen) atoms. The number of benzene rings is 2. The van der Waals surface area contributed by atoms with Crippen LogP contribution < -0.4 is 11.3 Å². The second-order valence-electron chi connectivity index (χ2n) is 8.69. The number of unbranched alkanes of at least 4 members (excludes halogenated alkanes) is 1. The highest BCUT2D eigenvalue weighted by molar-refractivity contribution is 5.96. The Hall–Kier alpha value is -2.96. The lowest BCUT2D eigenvalue weighted by atomic mass is 9.93. The number of nitrogens with one attached hydrogen (secondary N) is 2. The number of nitrogen functional groups attached to an aromatic ring is 1. The van der Waals surface area contributed by atoms with Crippen molar-refractivity contribution in [2.45, 2.75) is 51.1 Å². The van der Waals surface area contributed by atoms with Gasteiger partial charge in [0.1, 0.15) is 5.84 Å². The number of fused-ring (bicyclic) bond motifs is 1. The van der Waals surface area contributed by atoms with Crippen molar-refractivity contribution in [2.75, 3.05) is 13.2 Å². The molecule has 2 heterocycles. The van der Waals surface area contributed by atoms with E-state index in [4.69, 9.17) is 11.1 Å². The fraction of sp³-hybridized carbons (Fsp3) is 0.385. The van der Waals surface area contributed by atoms with Crippen LogP contribution in [0, 0.1) is 5.41 Å². The minimum atomic E-state index is -0.158. The molecule has 5 N–H and O–H groups in total. The Morgan fingerprint density at radius 2 is 2.09 bits per heavy atom. The van der Waals surface area contributed by atoms with Crippen LogP contribution in [0.15, 0.2) is 53.3 Å². The van der Waals surface area contributed by atoms with E-state index in [9.17, 15) is 9.90 Å². The van der Waals surface area contributed by atoms with E-state index in [0.717, 1.165) is 55.1 Å². The van der Waals surface area contributed by atoms with Gasteiger partial charge in [-0.1, -0.05) is 50.1 Å². The molecule has 2 unspecified atom stereocenters. The number of rotatable bonds is 8. The van der Waals surface area contributed by atoms with Gasteiger partial charge in [-0.25, -0.2) is 0 Å². The van der Waals surface area contributed by atoms with Crippen molar-refractivity contribution in [3.63, 3.8) is 0 Å². The number of aliphatic hydroxyl groups is 1. The first-order chi connectivity index (χ1) is 15.5. The van der Waals surface area contributed by atoms with Gasteiger partial charge < -0.3 is 15.8 Å². The van der Waals surface area contributed by atoms with E-state index in [1.165, 1.54) is 5.56 Å². The fourth-order valence-corrected chi connectivity index (χ4v) is 4.97. The van der Waals surface area contributed by atoms with Crippen LogP contribution in [0.4, 0.5) is 0 Å². The highest BCUT2D eigenvalue weighted by atomic mass is 16.3. The first-order valence-electron chi connectivity index (χ1n) is 11.5. The van der Waals surface area contributed by atoms with Crippen LogP contribution in [0.1, 0.15) is 56.2 Å². The van der Waals surface area contributed by atoms with E-state index in [-0.39, 0.29) is 30.1 Å². The number of H-pyrrole nitrogens is 1. The van der Waals surface area contributed by atoms with Crippen LogP contribution in [0.2, 0.25) is 0 Å². The summed E-state index contributed by atoms with van der Waals surface area (Å²) in [4.78, 5) is 18.5. The monoisotopic (exact) mass is 432 g/mol. The Balaban J connectivity index is 1.86. The molecular formula is C26H32N4O2. The molecule has 0 radical (unpaired) electrons. The highest BCUT2D eigenvalue weighted by Crippen LogP contribution is 2.37. The molecule has 2 atom stereocenters. The van der Waals surface area contributed by atoms with Crippen molar-refractivity contribution in [3.8, 4) is 11.1 Å². The third kappa shape index (κ3) is 4.33. The van der Waals surface area contributed by atoms with E-state index < -0.39 is 0 Å². The normalized spacial score (nSPS) is 17.6. The Labute approximate surface area is 188 Å². The molecule has 168 valence electrons. The van der Waals surface area contributed by atoms with Crippen molar-refractivity contribution >= 4 is 16.7 Å². The van der Waals surface area contributed by atoms with Crippen LogP contribution >= 0.6 is 0 Å². The minimum absolute atomic E-state index is 0.0199. The Morgan fingerprint density at radius 1 is 1.28 bits per heavy atom. The van der Waals surface area contributed by atoms with E-state index in [1.807, 2.05) is 30.3 Å². The van der Waals surface area contributed by atoms with Crippen molar-refractivity contribution in [2.24, 2.45) is 5.73 Å². The van der Waals surface area contributed by atoms with Gasteiger partial charge >= 0.3 is 0 Å². The van der Waals surface area contributed by atoms with E-state index in [1.54, 1.807) is 12.1 Å². The molecule has 0 amide bonds. The quantitative estimate of drug-likeness (QED) is 0.317. The van der Waals surface area contributed by atoms with Gasteiger partial charge in [-0.2, -0.15) is 0 Å². The standard InChI is InChI=1S/C26H32N4O2/c1-2-3-12-24(30-13-6-9-19(30)16-31)20-10-5-11-23-22(20)15-21(26(32)29-23)17-7-4-8-18(14-17)25(27)28/h4-5,7-8,10-11,14-15,19,24,31H,2-3,6,9,12-13,16H2,1H3,(H3,27,28)(H,29,32). The first kappa shape index (κ1) is 22.2. The molecule has 1 saturated heterocycles. The summed E-state index contributed by atoms with van der Waals surface area (Å²) in [5.74, 6) is -0.0199. The summed E-state index contributed by atoms with van der Waals surface area (Å²) in [6.45, 7) is 3.35. The van der Waals surface area contributed by atoms with Gasteiger partial charge in [-0.3, -0.25) is 15.1 Å². The average Bonchev–Trinajstić information content (AvgIpc) is 3.27. The number of nitrogens with two attached hydrogens (primary N) is 1. The van der Waals surface area contributed by atoms with Crippen molar-refractivity contribution in [3.05, 3.63) is 70.0 Å². The zero-order chi connectivity index (χ0) is 22.7. The van der Waals surface area contributed by atoms with Crippen LogP contribution in [0.25, 0.3) is 22.0 Å². The summed E-state index contributed by atoms with van der Waals surface area (Å²) in [5.41, 5.74) is 9.43. The van der Waals surface area contributed by atoms with E-state index in [2.05, 4.69) is 22.9 Å². The average molecular weight is 433 g/mol. The first-order valence-corrected chi connectivity index (χ1v) is 11.5. The fourth-order valence-electron chi connectivity index (χ4n) is 4.97. The van der Waals surface area contributed by atoms with Gasteiger partial charge in [-0.05, 0) is 55.1 Å². The van der Waals surface area contributed by atoms with E-state index in [0.29, 0.717) is 11.1 Å². The molecule has 3 aromatic rings. The molecule has 0 spiro atoms. The molecule has 6 heteroatoms. The van der Waals surface area contributed by atoms with E-state index >= 15 is 0 Å². The van der Waals surface area contributed by atoms with Crippen LogP contribution in [-0.4, -0.2) is 40.0 Å². The molecular weight excluding hydrogens is 400 g/mol. The number of hydrogen-bond acceptors (Lipinski definition) is 4. The molecule has 0 aliphatic carbocycles. The Morgan fingerprint density at radius 3 is 2.84 bits per heavy atom. The predicted octanol–water partition coefficient (Wildman–Crippen LogP) is 4.17. The molecule has 1 aliphatic rings. The maximum atomic E-state index is 12.9. The second kappa shape index (κ2) is 9.67. The third-order valence-electron chi connectivity index (χ3n) is 6.63. The van der Waals surface area contributed by atoms with Crippen molar-refractivity contribution < 1.29 is 5.11 Å². The maximum Gasteiger partial charge on any atom is 0.256 e. The van der Waals surface area contributed by atoms with Gasteiger partial charge in [-0.15, -0.1) is 0 Å². The second-order valence-corrected chi connectivity index (χ2v) is 8.69. The zero-order valence-electron chi connectivity index (χ0n) is 18.6. The van der Waals surface area contributed by atoms with Crippen LogP contribution in [0.3, 0.4) is 0 Å². The molecule has 1 fully saturated rings. The van der Waals surface area contributed by atoms with Crippen molar-refractivity contribution in [1.82, 2.24) is 9.88 Å². The van der Waals surface area contributed by atoms with Gasteiger partial charge in [0.25, 0.3) is 5.56 Å². The lowest BCUT2D eigenvalue weighted by Gasteiger charge is -2.33. The number of hydrogen-bond donors (Lipinski definition) is 4. The number of aliphatic hydroxyl groups excluding tert-OH is 1. The molecule has 0 bridgehead atoms. The van der Waals surface area contributed by atoms with Crippen LogP contribution in [0.5, 0.6) is 0 Å². The molecule has 1 aromatic heterocycles. The summed E-state index contributed by atoms with van der Waals surface area (Å²) in [6.07, 6.45) is 5.34. The maximum absolute atomic E-state index is 12.9. The minimum Gasteiger partial charge on any atom is -0.395 e. The summed E-state index contributed by atoms with van der Waals surface area (Å²) < 4.78 is 0. The molecule has 2 aromatic carbocycles. The predicted molar refractivity (Wildman–Crippen MR) is 130 cm³/mol. The summed E-state index contributed by atoms with van der Waals surface area (Å²) >= 11 is 0. The molecule has 6 nitrogen and oxygen atoms in total. The van der Waals surface area contributed by atoms with Gasteiger partial charge in [0.05, 0.1) is 6.61 Å². The van der Waals surface area contributed by atoms with Crippen molar-refractivity contribution in [1.29, 1.82) is 5.41 Å². The number of likely N-dealkylation sites (tertiary alicyclic amines) is 1. The zero-order valence-corrected chi connectivity index (χ0v) is 18.6. The lowest BCUT2D eigenvalue weighted by Crippen LogP contribution is -2.36.